The van der Waals surface area contributed by atoms with Crippen LogP contribution in [0.2, 0.25) is 10.0 Å². The van der Waals surface area contributed by atoms with E-state index in [4.69, 9.17) is 33.7 Å². The van der Waals surface area contributed by atoms with Gasteiger partial charge in [-0.25, -0.2) is 4.98 Å². The van der Waals surface area contributed by atoms with Crippen molar-refractivity contribution >= 4 is 40.2 Å². The van der Waals surface area contributed by atoms with E-state index in [0.29, 0.717) is 16.0 Å². The van der Waals surface area contributed by atoms with Gasteiger partial charge in [0.25, 0.3) is 0 Å². The Morgan fingerprint density at radius 3 is 2.75 bits per heavy atom. The molecule has 1 aromatic heterocycles. The highest BCUT2D eigenvalue weighted by atomic mass is 35.5. The van der Waals surface area contributed by atoms with Crippen LogP contribution < -0.4 is 5.73 Å². The van der Waals surface area contributed by atoms with Crippen LogP contribution in [0.1, 0.15) is 32.7 Å². The van der Waals surface area contributed by atoms with E-state index in [1.165, 1.54) is 0 Å². The molecule has 0 spiro atoms. The summed E-state index contributed by atoms with van der Waals surface area (Å²) in [6.07, 6.45) is 1.81. The summed E-state index contributed by atoms with van der Waals surface area (Å²) >= 11 is 12.2. The van der Waals surface area contributed by atoms with E-state index in [-0.39, 0.29) is 11.6 Å². The van der Waals surface area contributed by atoms with Crippen LogP contribution in [0.5, 0.6) is 0 Å². The Hall–Kier alpha value is -0.970. The van der Waals surface area contributed by atoms with Gasteiger partial charge in [-0.15, -0.1) is 0 Å². The van der Waals surface area contributed by atoms with Crippen molar-refractivity contribution in [2.75, 3.05) is 12.3 Å². The molecular formula is C14H17Cl2N3O. The average molecular weight is 314 g/mol. The van der Waals surface area contributed by atoms with Gasteiger partial charge >= 0.3 is 0 Å². The molecule has 108 valence electrons. The summed E-state index contributed by atoms with van der Waals surface area (Å²) in [5.74, 6) is 0.501. The summed E-state index contributed by atoms with van der Waals surface area (Å²) in [6.45, 7) is 4.91. The van der Waals surface area contributed by atoms with E-state index in [9.17, 15) is 0 Å². The lowest BCUT2D eigenvalue weighted by molar-refractivity contribution is -0.0682. The summed E-state index contributed by atoms with van der Waals surface area (Å²) in [5.41, 5.74) is 7.66. The van der Waals surface area contributed by atoms with Crippen molar-refractivity contribution in [2.45, 2.75) is 38.3 Å². The van der Waals surface area contributed by atoms with Crippen LogP contribution in [-0.4, -0.2) is 21.8 Å². The van der Waals surface area contributed by atoms with Crippen LogP contribution >= 0.6 is 23.2 Å². The van der Waals surface area contributed by atoms with Crippen molar-refractivity contribution in [3.8, 4) is 0 Å². The van der Waals surface area contributed by atoms with Gasteiger partial charge in [-0.2, -0.15) is 0 Å². The van der Waals surface area contributed by atoms with Crippen molar-refractivity contribution < 1.29 is 4.74 Å². The highest BCUT2D eigenvalue weighted by Crippen LogP contribution is 2.37. The number of imidazole rings is 1. The van der Waals surface area contributed by atoms with Crippen molar-refractivity contribution in [3.05, 3.63) is 22.2 Å². The minimum absolute atomic E-state index is 0.151. The second-order valence-electron chi connectivity index (χ2n) is 5.85. The Bertz CT molecular complexity index is 666. The zero-order valence-electron chi connectivity index (χ0n) is 11.5. The molecule has 1 unspecified atom stereocenters. The molecule has 6 heteroatoms. The number of rotatable bonds is 1. The minimum atomic E-state index is -0.151. The lowest BCUT2D eigenvalue weighted by atomic mass is 9.93. The standard InChI is InChI=1S/C14H17Cl2N3O/c1-14(2)7-8(3-4-20-14)19-12-6-10(16)9(15)5-11(12)18-13(19)17/h5-6,8H,3-4,7H2,1-2H3,(H2,17,18). The number of hydrogen-bond acceptors (Lipinski definition) is 3. The summed E-state index contributed by atoms with van der Waals surface area (Å²) in [4.78, 5) is 4.39. The molecule has 2 heterocycles. The van der Waals surface area contributed by atoms with Crippen LogP contribution in [0, 0.1) is 0 Å². The lowest BCUT2D eigenvalue weighted by Crippen LogP contribution is -2.35. The van der Waals surface area contributed by atoms with Crippen LogP contribution in [0.25, 0.3) is 11.0 Å². The molecule has 1 aromatic carbocycles. The largest absolute Gasteiger partial charge is 0.375 e. The van der Waals surface area contributed by atoms with Gasteiger partial charge in [-0.3, -0.25) is 0 Å². The maximum absolute atomic E-state index is 6.13. The van der Waals surface area contributed by atoms with Crippen LogP contribution in [-0.2, 0) is 4.74 Å². The van der Waals surface area contributed by atoms with Crippen LogP contribution in [0.3, 0.4) is 0 Å². The number of hydrogen-bond donors (Lipinski definition) is 1. The van der Waals surface area contributed by atoms with E-state index in [0.717, 1.165) is 30.5 Å². The van der Waals surface area contributed by atoms with E-state index >= 15 is 0 Å². The van der Waals surface area contributed by atoms with Gasteiger partial charge in [0.15, 0.2) is 0 Å². The summed E-state index contributed by atoms with van der Waals surface area (Å²) < 4.78 is 7.82. The molecule has 20 heavy (non-hydrogen) atoms. The smallest absolute Gasteiger partial charge is 0.201 e. The molecule has 0 bridgehead atoms. The number of ether oxygens (including phenoxy) is 1. The Morgan fingerprint density at radius 1 is 1.35 bits per heavy atom. The first-order valence-electron chi connectivity index (χ1n) is 6.64. The normalized spacial score (nSPS) is 22.3. The molecule has 1 aliphatic rings. The molecule has 1 atom stereocenters. The van der Waals surface area contributed by atoms with Crippen molar-refractivity contribution in [1.29, 1.82) is 0 Å². The van der Waals surface area contributed by atoms with Crippen molar-refractivity contribution in [3.63, 3.8) is 0 Å². The molecule has 1 aliphatic heterocycles. The predicted molar refractivity (Wildman–Crippen MR) is 82.5 cm³/mol. The molecular weight excluding hydrogens is 297 g/mol. The number of benzene rings is 1. The molecule has 0 saturated carbocycles. The van der Waals surface area contributed by atoms with Gasteiger partial charge in [0.1, 0.15) is 0 Å². The quantitative estimate of drug-likeness (QED) is 0.864. The second kappa shape index (κ2) is 4.79. The van der Waals surface area contributed by atoms with Crippen LogP contribution in [0.15, 0.2) is 12.1 Å². The Morgan fingerprint density at radius 2 is 2.05 bits per heavy atom. The zero-order chi connectivity index (χ0) is 14.5. The number of nitrogen functional groups attached to an aromatic ring is 1. The molecule has 0 amide bonds. The third-order valence-corrected chi connectivity index (χ3v) is 4.52. The number of nitrogens with zero attached hydrogens (tertiary/aromatic N) is 2. The number of nitrogens with two attached hydrogens (primary N) is 1. The predicted octanol–water partition coefficient (Wildman–Crippen LogP) is 4.06. The fraction of sp³-hybridized carbons (Fsp3) is 0.500. The maximum atomic E-state index is 6.13. The zero-order valence-corrected chi connectivity index (χ0v) is 13.0. The molecule has 2 aromatic rings. The van der Waals surface area contributed by atoms with E-state index in [1.807, 2.05) is 6.07 Å². The van der Waals surface area contributed by atoms with Gasteiger partial charge in [-0.05, 0) is 38.8 Å². The van der Waals surface area contributed by atoms with E-state index in [1.54, 1.807) is 6.07 Å². The second-order valence-corrected chi connectivity index (χ2v) is 6.66. The molecule has 0 aliphatic carbocycles. The minimum Gasteiger partial charge on any atom is -0.375 e. The first-order chi connectivity index (χ1) is 9.37. The molecule has 1 fully saturated rings. The lowest BCUT2D eigenvalue weighted by Gasteiger charge is -2.36. The third-order valence-electron chi connectivity index (χ3n) is 3.80. The Labute approximate surface area is 127 Å². The number of anilines is 1. The summed E-state index contributed by atoms with van der Waals surface area (Å²) in [6, 6.07) is 3.86. The Kier molecular flexibility index (Phi) is 3.35. The monoisotopic (exact) mass is 313 g/mol. The van der Waals surface area contributed by atoms with Gasteiger partial charge in [-0.1, -0.05) is 23.2 Å². The summed E-state index contributed by atoms with van der Waals surface area (Å²) in [5, 5.41) is 1.02. The first kappa shape index (κ1) is 14.0. The van der Waals surface area contributed by atoms with Gasteiger partial charge < -0.3 is 15.0 Å². The number of halogens is 2. The number of fused-ring (bicyclic) bond motifs is 1. The highest BCUT2D eigenvalue weighted by Gasteiger charge is 2.31. The topological polar surface area (TPSA) is 53.1 Å². The SMILES string of the molecule is CC1(C)CC(n2c(N)nc3cc(Cl)c(Cl)cc32)CCO1. The fourth-order valence-corrected chi connectivity index (χ4v) is 3.23. The van der Waals surface area contributed by atoms with E-state index < -0.39 is 0 Å². The first-order valence-corrected chi connectivity index (χ1v) is 7.39. The fourth-order valence-electron chi connectivity index (χ4n) is 2.91. The van der Waals surface area contributed by atoms with Crippen molar-refractivity contribution in [2.24, 2.45) is 0 Å². The Balaban J connectivity index is 2.11. The molecule has 3 rings (SSSR count). The third kappa shape index (κ3) is 2.36. The van der Waals surface area contributed by atoms with Gasteiger partial charge in [0, 0.05) is 12.6 Å². The number of aromatic nitrogens is 2. The van der Waals surface area contributed by atoms with E-state index in [2.05, 4.69) is 23.4 Å². The van der Waals surface area contributed by atoms with Crippen LogP contribution in [0.4, 0.5) is 5.95 Å². The maximum Gasteiger partial charge on any atom is 0.201 e. The molecule has 2 N–H and O–H groups in total. The molecule has 4 nitrogen and oxygen atoms in total. The molecule has 0 radical (unpaired) electrons. The molecule has 1 saturated heterocycles. The van der Waals surface area contributed by atoms with Gasteiger partial charge in [0.2, 0.25) is 5.95 Å². The highest BCUT2D eigenvalue weighted by molar-refractivity contribution is 6.42. The summed E-state index contributed by atoms with van der Waals surface area (Å²) in [7, 11) is 0. The van der Waals surface area contributed by atoms with Crippen molar-refractivity contribution in [1.82, 2.24) is 9.55 Å². The van der Waals surface area contributed by atoms with Gasteiger partial charge in [0.05, 0.1) is 26.7 Å². The average Bonchev–Trinajstić information content (AvgIpc) is 2.64.